The first-order valence-electron chi connectivity index (χ1n) is 9.48. The minimum absolute atomic E-state index is 0.0651. The zero-order valence-electron chi connectivity index (χ0n) is 17.5. The summed E-state index contributed by atoms with van der Waals surface area (Å²) < 4.78 is 5.23. The lowest BCUT2D eigenvalue weighted by Gasteiger charge is -2.22. The number of ether oxygens (including phenoxy) is 1. The Morgan fingerprint density at radius 1 is 1.14 bits per heavy atom. The number of halogens is 1. The molecule has 0 heterocycles. The first kappa shape index (κ1) is 22.6. The summed E-state index contributed by atoms with van der Waals surface area (Å²) in [5.74, 6) is 0.644. The minimum Gasteiger partial charge on any atom is -0.497 e. The number of benzene rings is 2. The zero-order chi connectivity index (χ0) is 21.6. The summed E-state index contributed by atoms with van der Waals surface area (Å²) in [7, 11) is 3.36. The molecule has 0 aliphatic heterocycles. The Kier molecular flexibility index (Phi) is 7.91. The number of amides is 3. The van der Waals surface area contributed by atoms with E-state index in [1.165, 1.54) is 0 Å². The van der Waals surface area contributed by atoms with Crippen molar-refractivity contribution in [3.63, 3.8) is 0 Å². The molecule has 0 aliphatic carbocycles. The van der Waals surface area contributed by atoms with Crippen LogP contribution in [0.15, 0.2) is 42.5 Å². The predicted octanol–water partition coefficient (Wildman–Crippen LogP) is 4.58. The second-order valence-electron chi connectivity index (χ2n) is 7.26. The molecule has 7 heteroatoms. The van der Waals surface area contributed by atoms with Crippen LogP contribution in [0.2, 0.25) is 5.02 Å². The second kappa shape index (κ2) is 10.2. The van der Waals surface area contributed by atoms with Crippen molar-refractivity contribution < 1.29 is 14.3 Å². The number of rotatable bonds is 7. The van der Waals surface area contributed by atoms with E-state index in [0.29, 0.717) is 22.7 Å². The van der Waals surface area contributed by atoms with Crippen molar-refractivity contribution in [3.05, 3.63) is 58.6 Å². The van der Waals surface area contributed by atoms with E-state index in [4.69, 9.17) is 16.3 Å². The molecule has 0 saturated carbocycles. The van der Waals surface area contributed by atoms with Crippen LogP contribution in [0.25, 0.3) is 0 Å². The lowest BCUT2D eigenvalue weighted by atomic mass is 10.1. The molecule has 2 aromatic rings. The summed E-state index contributed by atoms with van der Waals surface area (Å²) in [5.41, 5.74) is 1.91. The van der Waals surface area contributed by atoms with Crippen molar-refractivity contribution in [2.75, 3.05) is 19.5 Å². The summed E-state index contributed by atoms with van der Waals surface area (Å²) in [6.45, 7) is 5.78. The fourth-order valence-electron chi connectivity index (χ4n) is 2.78. The summed E-state index contributed by atoms with van der Waals surface area (Å²) in [6.07, 6.45) is 0.649. The lowest BCUT2D eigenvalue weighted by molar-refractivity contribution is 0.0755. The Morgan fingerprint density at radius 2 is 1.86 bits per heavy atom. The average Bonchev–Trinajstić information content (AvgIpc) is 2.68. The molecule has 1 unspecified atom stereocenters. The van der Waals surface area contributed by atoms with E-state index in [1.807, 2.05) is 45.0 Å². The minimum atomic E-state index is -0.385. The number of methoxy groups -OCH3 is 1. The molecule has 0 radical (unpaired) electrons. The van der Waals surface area contributed by atoms with Gasteiger partial charge in [0.05, 0.1) is 17.8 Å². The third-order valence-corrected chi connectivity index (χ3v) is 4.94. The number of nitrogens with one attached hydrogen (secondary N) is 2. The van der Waals surface area contributed by atoms with Gasteiger partial charge in [0.25, 0.3) is 5.91 Å². The maximum Gasteiger partial charge on any atom is 0.319 e. The molecule has 2 rings (SSSR count). The van der Waals surface area contributed by atoms with Gasteiger partial charge >= 0.3 is 6.03 Å². The smallest absolute Gasteiger partial charge is 0.319 e. The van der Waals surface area contributed by atoms with Crippen LogP contribution in [-0.2, 0) is 6.42 Å². The number of hydrogen-bond donors (Lipinski definition) is 2. The van der Waals surface area contributed by atoms with Crippen molar-refractivity contribution >= 4 is 29.2 Å². The average molecular weight is 418 g/mol. The lowest BCUT2D eigenvalue weighted by Crippen LogP contribution is -2.37. The highest BCUT2D eigenvalue weighted by Crippen LogP contribution is 2.24. The van der Waals surface area contributed by atoms with Gasteiger partial charge in [-0.2, -0.15) is 0 Å². The van der Waals surface area contributed by atoms with Gasteiger partial charge in [-0.15, -0.1) is 0 Å². The standard InChI is InChI=1S/C22H28ClN3O3/c1-14(2)26(4)21(27)17-9-10-19(23)20(13-17)25-22(28)24-15(3)11-16-7-6-8-18(12-16)29-5/h6-10,12-15H,11H2,1-5H3,(H2,24,25,28). The van der Waals surface area contributed by atoms with Crippen molar-refractivity contribution in [2.24, 2.45) is 0 Å². The fourth-order valence-corrected chi connectivity index (χ4v) is 2.94. The van der Waals surface area contributed by atoms with E-state index in [1.54, 1.807) is 37.3 Å². The SMILES string of the molecule is COc1cccc(CC(C)NC(=O)Nc2cc(C(=O)N(C)C(C)C)ccc2Cl)c1. The number of anilines is 1. The van der Waals surface area contributed by atoms with Crippen molar-refractivity contribution in [3.8, 4) is 5.75 Å². The van der Waals surface area contributed by atoms with Crippen LogP contribution in [0.3, 0.4) is 0 Å². The third-order valence-electron chi connectivity index (χ3n) is 4.61. The van der Waals surface area contributed by atoms with Gasteiger partial charge in [-0.05, 0) is 63.1 Å². The first-order chi connectivity index (χ1) is 13.7. The van der Waals surface area contributed by atoms with Gasteiger partial charge in [0, 0.05) is 24.7 Å². The molecule has 156 valence electrons. The van der Waals surface area contributed by atoms with Crippen molar-refractivity contribution in [1.29, 1.82) is 0 Å². The molecule has 29 heavy (non-hydrogen) atoms. The molecule has 6 nitrogen and oxygen atoms in total. The van der Waals surface area contributed by atoms with E-state index in [9.17, 15) is 9.59 Å². The van der Waals surface area contributed by atoms with Crippen LogP contribution in [0.5, 0.6) is 5.75 Å². The van der Waals surface area contributed by atoms with Crippen LogP contribution < -0.4 is 15.4 Å². The van der Waals surface area contributed by atoms with Crippen LogP contribution in [0.4, 0.5) is 10.5 Å². The van der Waals surface area contributed by atoms with Crippen LogP contribution in [0.1, 0.15) is 36.7 Å². The molecule has 2 N–H and O–H groups in total. The molecule has 1 atom stereocenters. The molecule has 2 aromatic carbocycles. The topological polar surface area (TPSA) is 70.7 Å². The highest BCUT2D eigenvalue weighted by atomic mass is 35.5. The highest BCUT2D eigenvalue weighted by Gasteiger charge is 2.17. The Bertz CT molecular complexity index is 870. The number of hydrogen-bond acceptors (Lipinski definition) is 3. The molecule has 3 amide bonds. The van der Waals surface area contributed by atoms with Gasteiger partial charge in [0.15, 0.2) is 0 Å². The Hall–Kier alpha value is -2.73. The van der Waals surface area contributed by atoms with E-state index >= 15 is 0 Å². The number of carbonyl (C=O) groups is 2. The second-order valence-corrected chi connectivity index (χ2v) is 7.67. The maximum atomic E-state index is 12.5. The molecule has 0 spiro atoms. The molecular weight excluding hydrogens is 390 g/mol. The molecule has 0 aliphatic rings. The number of carbonyl (C=O) groups excluding carboxylic acids is 2. The van der Waals surface area contributed by atoms with Crippen molar-refractivity contribution in [2.45, 2.75) is 39.3 Å². The van der Waals surface area contributed by atoms with Crippen molar-refractivity contribution in [1.82, 2.24) is 10.2 Å². The molecular formula is C22H28ClN3O3. The van der Waals surface area contributed by atoms with Gasteiger partial charge in [-0.25, -0.2) is 4.79 Å². The zero-order valence-corrected chi connectivity index (χ0v) is 18.2. The Balaban J connectivity index is 2.02. The van der Waals surface area contributed by atoms with Crippen LogP contribution in [-0.4, -0.2) is 43.1 Å². The van der Waals surface area contributed by atoms with Gasteiger partial charge in [-0.1, -0.05) is 23.7 Å². The number of nitrogens with zero attached hydrogens (tertiary/aromatic N) is 1. The van der Waals surface area contributed by atoms with Crippen LogP contribution >= 0.6 is 11.6 Å². The monoisotopic (exact) mass is 417 g/mol. The van der Waals surface area contributed by atoms with E-state index in [-0.39, 0.29) is 24.0 Å². The third kappa shape index (κ3) is 6.39. The summed E-state index contributed by atoms with van der Waals surface area (Å²) in [4.78, 5) is 26.6. The van der Waals surface area contributed by atoms with Gasteiger partial charge in [-0.3, -0.25) is 4.79 Å². The summed E-state index contributed by atoms with van der Waals surface area (Å²) in [6, 6.07) is 12.1. The fraction of sp³-hybridized carbons (Fsp3) is 0.364. The normalized spacial score (nSPS) is 11.7. The van der Waals surface area contributed by atoms with Gasteiger partial charge in [0.1, 0.15) is 5.75 Å². The number of urea groups is 1. The summed E-state index contributed by atoms with van der Waals surface area (Å²) in [5, 5.41) is 5.99. The quantitative estimate of drug-likeness (QED) is 0.692. The first-order valence-corrected chi connectivity index (χ1v) is 9.86. The predicted molar refractivity (Wildman–Crippen MR) is 117 cm³/mol. The summed E-state index contributed by atoms with van der Waals surface area (Å²) >= 11 is 6.21. The molecule has 0 bridgehead atoms. The Labute approximate surface area is 177 Å². The van der Waals surface area contributed by atoms with Gasteiger partial charge in [0.2, 0.25) is 0 Å². The largest absolute Gasteiger partial charge is 0.497 e. The Morgan fingerprint density at radius 3 is 2.52 bits per heavy atom. The maximum absolute atomic E-state index is 12.5. The van der Waals surface area contributed by atoms with Crippen LogP contribution in [0, 0.1) is 0 Å². The highest BCUT2D eigenvalue weighted by molar-refractivity contribution is 6.33. The van der Waals surface area contributed by atoms with E-state index in [0.717, 1.165) is 11.3 Å². The van der Waals surface area contributed by atoms with Gasteiger partial charge < -0.3 is 20.3 Å². The van der Waals surface area contributed by atoms with E-state index in [2.05, 4.69) is 10.6 Å². The molecule has 0 fully saturated rings. The van der Waals surface area contributed by atoms with E-state index < -0.39 is 0 Å². The molecule has 0 aromatic heterocycles. The molecule has 0 saturated heterocycles.